The van der Waals surface area contributed by atoms with Crippen LogP contribution in [-0.2, 0) is 11.2 Å². The largest absolute Gasteiger partial charge is 0.368 e. The van der Waals surface area contributed by atoms with Gasteiger partial charge in [0.1, 0.15) is 0 Å². The number of rotatable bonds is 3. The molecular formula is C20H23ClN2O. The van der Waals surface area contributed by atoms with E-state index in [1.165, 1.54) is 16.8 Å². The number of nitrogens with zero attached hydrogens (tertiary/aromatic N) is 2. The van der Waals surface area contributed by atoms with Crippen LogP contribution in [0.2, 0.25) is 5.02 Å². The van der Waals surface area contributed by atoms with E-state index in [1.807, 2.05) is 41.3 Å². The number of carbonyl (C=O) groups is 1. The maximum atomic E-state index is 12.6. The summed E-state index contributed by atoms with van der Waals surface area (Å²) in [6.45, 7) is 7.37. The fourth-order valence-electron chi connectivity index (χ4n) is 3.20. The zero-order valence-corrected chi connectivity index (χ0v) is 15.0. The van der Waals surface area contributed by atoms with Gasteiger partial charge in [0.2, 0.25) is 5.91 Å². The Morgan fingerprint density at radius 3 is 2.42 bits per heavy atom. The fourth-order valence-corrected chi connectivity index (χ4v) is 3.37. The summed E-state index contributed by atoms with van der Waals surface area (Å²) in [7, 11) is 0. The van der Waals surface area contributed by atoms with Crippen LogP contribution in [0.1, 0.15) is 16.7 Å². The summed E-state index contributed by atoms with van der Waals surface area (Å²) in [5.74, 6) is 0.215. The number of carbonyl (C=O) groups excluding carboxylic acids is 1. The molecule has 1 heterocycles. The molecule has 0 N–H and O–H groups in total. The minimum atomic E-state index is 0.215. The van der Waals surface area contributed by atoms with E-state index in [2.05, 4.69) is 24.8 Å². The van der Waals surface area contributed by atoms with E-state index in [0.29, 0.717) is 6.42 Å². The van der Waals surface area contributed by atoms with Crippen LogP contribution in [0, 0.1) is 13.8 Å². The number of piperazine rings is 1. The Bertz CT molecular complexity index is 736. The molecule has 0 unspecified atom stereocenters. The molecule has 1 aliphatic heterocycles. The number of hydrogen-bond donors (Lipinski definition) is 0. The summed E-state index contributed by atoms with van der Waals surface area (Å²) in [6, 6.07) is 14.1. The van der Waals surface area contributed by atoms with Gasteiger partial charge in [-0.3, -0.25) is 4.79 Å². The normalized spacial score (nSPS) is 14.8. The quantitative estimate of drug-likeness (QED) is 0.846. The average Bonchev–Trinajstić information content (AvgIpc) is 2.59. The van der Waals surface area contributed by atoms with E-state index in [0.717, 1.165) is 36.8 Å². The molecule has 0 saturated carbocycles. The molecule has 126 valence electrons. The molecule has 2 aromatic carbocycles. The first-order valence-corrected chi connectivity index (χ1v) is 8.76. The third kappa shape index (κ3) is 3.73. The second-order valence-corrected chi connectivity index (χ2v) is 6.84. The van der Waals surface area contributed by atoms with Gasteiger partial charge in [-0.2, -0.15) is 0 Å². The molecule has 1 amide bonds. The zero-order valence-electron chi connectivity index (χ0n) is 14.3. The highest BCUT2D eigenvalue weighted by molar-refractivity contribution is 6.30. The standard InChI is InChI=1S/C20H23ClN2O/c1-15-5-3-4-6-17(15)13-20(24)23-11-9-22(10-12-23)19-14-18(21)8-7-16(19)2/h3-8,14H,9-13H2,1-2H3. The monoisotopic (exact) mass is 342 g/mol. The Hall–Kier alpha value is -2.00. The van der Waals surface area contributed by atoms with Crippen molar-refractivity contribution in [3.63, 3.8) is 0 Å². The first kappa shape index (κ1) is 16.8. The number of amides is 1. The molecule has 3 rings (SSSR count). The van der Waals surface area contributed by atoms with E-state index in [1.54, 1.807) is 0 Å². The number of aryl methyl sites for hydroxylation is 2. The van der Waals surface area contributed by atoms with Crippen LogP contribution in [0.4, 0.5) is 5.69 Å². The summed E-state index contributed by atoms with van der Waals surface area (Å²) in [4.78, 5) is 16.9. The Labute approximate surface area is 148 Å². The highest BCUT2D eigenvalue weighted by atomic mass is 35.5. The van der Waals surface area contributed by atoms with Crippen molar-refractivity contribution in [3.05, 3.63) is 64.2 Å². The number of halogens is 1. The Morgan fingerprint density at radius 1 is 1.00 bits per heavy atom. The lowest BCUT2D eigenvalue weighted by molar-refractivity contribution is -0.130. The second kappa shape index (κ2) is 7.27. The summed E-state index contributed by atoms with van der Waals surface area (Å²) < 4.78 is 0. The second-order valence-electron chi connectivity index (χ2n) is 6.40. The van der Waals surface area contributed by atoms with Crippen molar-refractivity contribution >= 4 is 23.2 Å². The SMILES string of the molecule is Cc1ccccc1CC(=O)N1CCN(c2cc(Cl)ccc2C)CC1. The van der Waals surface area contributed by atoms with Crippen LogP contribution >= 0.6 is 11.6 Å². The van der Waals surface area contributed by atoms with Crippen molar-refractivity contribution in [1.82, 2.24) is 4.90 Å². The van der Waals surface area contributed by atoms with Gasteiger partial charge in [0, 0.05) is 36.9 Å². The van der Waals surface area contributed by atoms with Gasteiger partial charge >= 0.3 is 0 Å². The van der Waals surface area contributed by atoms with Crippen molar-refractivity contribution in [2.75, 3.05) is 31.1 Å². The van der Waals surface area contributed by atoms with Crippen molar-refractivity contribution in [2.45, 2.75) is 20.3 Å². The van der Waals surface area contributed by atoms with Crippen LogP contribution in [-0.4, -0.2) is 37.0 Å². The molecule has 0 aromatic heterocycles. The Morgan fingerprint density at radius 2 is 1.71 bits per heavy atom. The smallest absolute Gasteiger partial charge is 0.227 e. The van der Waals surface area contributed by atoms with E-state index in [9.17, 15) is 4.79 Å². The summed E-state index contributed by atoms with van der Waals surface area (Å²) in [5, 5.41) is 0.758. The van der Waals surface area contributed by atoms with Crippen molar-refractivity contribution in [1.29, 1.82) is 0 Å². The number of benzene rings is 2. The van der Waals surface area contributed by atoms with Crippen molar-refractivity contribution < 1.29 is 4.79 Å². The molecule has 1 aliphatic rings. The lowest BCUT2D eigenvalue weighted by Crippen LogP contribution is -2.49. The zero-order chi connectivity index (χ0) is 17.1. The minimum Gasteiger partial charge on any atom is -0.368 e. The molecule has 24 heavy (non-hydrogen) atoms. The Kier molecular flexibility index (Phi) is 5.10. The van der Waals surface area contributed by atoms with E-state index >= 15 is 0 Å². The Balaban J connectivity index is 1.61. The molecule has 0 radical (unpaired) electrons. The third-order valence-electron chi connectivity index (χ3n) is 4.75. The van der Waals surface area contributed by atoms with Crippen molar-refractivity contribution in [2.24, 2.45) is 0 Å². The summed E-state index contributed by atoms with van der Waals surface area (Å²) >= 11 is 6.13. The molecule has 3 nitrogen and oxygen atoms in total. The topological polar surface area (TPSA) is 23.6 Å². The highest BCUT2D eigenvalue weighted by Crippen LogP contribution is 2.25. The van der Waals surface area contributed by atoms with Gasteiger partial charge in [-0.1, -0.05) is 41.9 Å². The average molecular weight is 343 g/mol. The minimum absolute atomic E-state index is 0.215. The first-order valence-electron chi connectivity index (χ1n) is 8.38. The van der Waals surface area contributed by atoms with Crippen LogP contribution in [0.3, 0.4) is 0 Å². The summed E-state index contributed by atoms with van der Waals surface area (Å²) in [6.07, 6.45) is 0.489. The molecule has 1 fully saturated rings. The fraction of sp³-hybridized carbons (Fsp3) is 0.350. The predicted molar refractivity (Wildman–Crippen MR) is 99.9 cm³/mol. The molecule has 0 atom stereocenters. The van der Waals surface area contributed by atoms with Gasteiger partial charge in [-0.15, -0.1) is 0 Å². The molecule has 2 aromatic rings. The maximum Gasteiger partial charge on any atom is 0.227 e. The predicted octanol–water partition coefficient (Wildman–Crippen LogP) is 3.85. The van der Waals surface area contributed by atoms with Gasteiger partial charge < -0.3 is 9.80 Å². The molecule has 0 spiro atoms. The lowest BCUT2D eigenvalue weighted by atomic mass is 10.0. The van der Waals surface area contributed by atoms with Crippen LogP contribution in [0.25, 0.3) is 0 Å². The van der Waals surface area contributed by atoms with Gasteiger partial charge in [0.15, 0.2) is 0 Å². The maximum absolute atomic E-state index is 12.6. The van der Waals surface area contributed by atoms with E-state index < -0.39 is 0 Å². The van der Waals surface area contributed by atoms with Crippen LogP contribution < -0.4 is 4.90 Å². The van der Waals surface area contributed by atoms with Gasteiger partial charge in [-0.05, 0) is 42.7 Å². The first-order chi connectivity index (χ1) is 11.5. The third-order valence-corrected chi connectivity index (χ3v) is 4.98. The molecule has 0 aliphatic carbocycles. The lowest BCUT2D eigenvalue weighted by Gasteiger charge is -2.37. The molecule has 1 saturated heterocycles. The number of anilines is 1. The molecule has 4 heteroatoms. The van der Waals surface area contributed by atoms with E-state index in [-0.39, 0.29) is 5.91 Å². The summed E-state index contributed by atoms with van der Waals surface area (Å²) in [5.41, 5.74) is 4.70. The van der Waals surface area contributed by atoms with Gasteiger partial charge in [0.05, 0.1) is 6.42 Å². The highest BCUT2D eigenvalue weighted by Gasteiger charge is 2.22. The van der Waals surface area contributed by atoms with Crippen LogP contribution in [0.5, 0.6) is 0 Å². The molecule has 0 bridgehead atoms. The van der Waals surface area contributed by atoms with Crippen LogP contribution in [0.15, 0.2) is 42.5 Å². The van der Waals surface area contributed by atoms with Gasteiger partial charge in [-0.25, -0.2) is 0 Å². The number of hydrogen-bond acceptors (Lipinski definition) is 2. The van der Waals surface area contributed by atoms with E-state index in [4.69, 9.17) is 11.6 Å². The van der Waals surface area contributed by atoms with Crippen molar-refractivity contribution in [3.8, 4) is 0 Å². The van der Waals surface area contributed by atoms with Gasteiger partial charge in [0.25, 0.3) is 0 Å². The molecular weight excluding hydrogens is 320 g/mol.